The van der Waals surface area contributed by atoms with Crippen LogP contribution in [0.4, 0.5) is 13.2 Å². The molecule has 1 nitrogen and oxygen atoms in total. The van der Waals surface area contributed by atoms with E-state index in [0.717, 1.165) is 12.5 Å². The van der Waals surface area contributed by atoms with E-state index in [1.54, 1.807) is 0 Å². The van der Waals surface area contributed by atoms with E-state index in [1.807, 2.05) is 6.92 Å². The van der Waals surface area contributed by atoms with Gasteiger partial charge in [0.25, 0.3) is 0 Å². The molecule has 0 fully saturated rings. The van der Waals surface area contributed by atoms with Gasteiger partial charge in [-0.2, -0.15) is 13.2 Å². The number of benzene rings is 1. The number of hydrogen-bond donors (Lipinski definition) is 1. The molecule has 0 aliphatic carbocycles. The number of rotatable bonds is 4. The minimum absolute atomic E-state index is 0.228. The third kappa shape index (κ3) is 3.42. The van der Waals surface area contributed by atoms with Crippen LogP contribution in [0.2, 0.25) is 0 Å². The van der Waals surface area contributed by atoms with E-state index in [9.17, 15) is 13.2 Å². The van der Waals surface area contributed by atoms with Gasteiger partial charge in [0, 0.05) is 4.90 Å². The lowest BCUT2D eigenvalue weighted by molar-refractivity contribution is -0.139. The van der Waals surface area contributed by atoms with Gasteiger partial charge in [-0.3, -0.25) is 0 Å². The summed E-state index contributed by atoms with van der Waals surface area (Å²) in [6.45, 7) is 1.55. The second-order valence-electron chi connectivity index (χ2n) is 3.33. The molecule has 0 atom stereocenters. The van der Waals surface area contributed by atoms with Crippen molar-refractivity contribution in [2.75, 3.05) is 5.75 Å². The predicted molar refractivity (Wildman–Crippen MR) is 58.4 cm³/mol. The number of aliphatic hydroxyl groups is 1. The summed E-state index contributed by atoms with van der Waals surface area (Å²) in [7, 11) is 0. The Morgan fingerprint density at radius 3 is 2.50 bits per heavy atom. The SMILES string of the molecule is CCCSc1ccc(CO)cc1C(F)(F)F. The van der Waals surface area contributed by atoms with Crippen molar-refractivity contribution in [2.24, 2.45) is 0 Å². The second-order valence-corrected chi connectivity index (χ2v) is 4.47. The average molecular weight is 250 g/mol. The molecule has 0 spiro atoms. The first-order valence-electron chi connectivity index (χ1n) is 4.92. The first-order valence-corrected chi connectivity index (χ1v) is 5.91. The second kappa shape index (κ2) is 5.59. The molecule has 0 aliphatic rings. The summed E-state index contributed by atoms with van der Waals surface area (Å²) in [5.41, 5.74) is -0.370. The van der Waals surface area contributed by atoms with E-state index in [2.05, 4.69) is 0 Å². The van der Waals surface area contributed by atoms with Gasteiger partial charge >= 0.3 is 6.18 Å². The van der Waals surface area contributed by atoms with Crippen LogP contribution in [-0.2, 0) is 12.8 Å². The van der Waals surface area contributed by atoms with E-state index >= 15 is 0 Å². The highest BCUT2D eigenvalue weighted by Crippen LogP contribution is 2.37. The molecule has 5 heteroatoms. The quantitative estimate of drug-likeness (QED) is 0.822. The third-order valence-electron chi connectivity index (χ3n) is 1.99. The monoisotopic (exact) mass is 250 g/mol. The van der Waals surface area contributed by atoms with Crippen LogP contribution < -0.4 is 0 Å². The maximum atomic E-state index is 12.7. The van der Waals surface area contributed by atoms with Crippen molar-refractivity contribution < 1.29 is 18.3 Å². The molecule has 0 saturated carbocycles. The lowest BCUT2D eigenvalue weighted by atomic mass is 10.1. The van der Waals surface area contributed by atoms with Crippen molar-refractivity contribution in [2.45, 2.75) is 31.0 Å². The molecule has 0 aromatic heterocycles. The fourth-order valence-electron chi connectivity index (χ4n) is 1.23. The highest BCUT2D eigenvalue weighted by atomic mass is 32.2. The molecule has 0 radical (unpaired) electrons. The van der Waals surface area contributed by atoms with Crippen molar-refractivity contribution in [1.29, 1.82) is 0 Å². The maximum absolute atomic E-state index is 12.7. The number of alkyl halides is 3. The van der Waals surface area contributed by atoms with E-state index in [4.69, 9.17) is 5.11 Å². The van der Waals surface area contributed by atoms with Crippen molar-refractivity contribution >= 4 is 11.8 Å². The zero-order chi connectivity index (χ0) is 12.2. The first kappa shape index (κ1) is 13.4. The summed E-state index contributed by atoms with van der Waals surface area (Å²) >= 11 is 1.19. The van der Waals surface area contributed by atoms with Crippen molar-refractivity contribution in [1.82, 2.24) is 0 Å². The molecular formula is C11H13F3OS. The summed E-state index contributed by atoms with van der Waals surface area (Å²) < 4.78 is 38.1. The summed E-state index contributed by atoms with van der Waals surface area (Å²) in [5, 5.41) is 8.82. The zero-order valence-corrected chi connectivity index (χ0v) is 9.66. The number of halogens is 3. The zero-order valence-electron chi connectivity index (χ0n) is 8.84. The number of thioether (sulfide) groups is 1. The fourth-order valence-corrected chi connectivity index (χ4v) is 2.15. The molecule has 1 aromatic carbocycles. The highest BCUT2D eigenvalue weighted by Gasteiger charge is 2.33. The Bertz CT molecular complexity index is 350. The van der Waals surface area contributed by atoms with Gasteiger partial charge in [-0.1, -0.05) is 13.0 Å². The molecule has 1 aromatic rings. The van der Waals surface area contributed by atoms with Crippen LogP contribution in [0.5, 0.6) is 0 Å². The van der Waals surface area contributed by atoms with Gasteiger partial charge in [0.15, 0.2) is 0 Å². The summed E-state index contributed by atoms with van der Waals surface area (Å²) in [5.74, 6) is 0.654. The Hall–Kier alpha value is -0.680. The molecule has 0 heterocycles. The van der Waals surface area contributed by atoms with Gasteiger partial charge in [0.05, 0.1) is 12.2 Å². The predicted octanol–water partition coefficient (Wildman–Crippen LogP) is 3.70. The Morgan fingerprint density at radius 1 is 1.31 bits per heavy atom. The summed E-state index contributed by atoms with van der Waals surface area (Å²) in [6, 6.07) is 3.96. The molecule has 0 unspecified atom stereocenters. The van der Waals surface area contributed by atoms with Gasteiger partial charge in [0.1, 0.15) is 0 Å². The standard InChI is InChI=1S/C11H13F3OS/c1-2-5-16-10-4-3-8(7-15)6-9(10)11(12,13)14/h3-4,6,15H,2,5,7H2,1H3. The van der Waals surface area contributed by atoms with Gasteiger partial charge in [0.2, 0.25) is 0 Å². The van der Waals surface area contributed by atoms with Crippen LogP contribution in [-0.4, -0.2) is 10.9 Å². The Balaban J connectivity index is 3.06. The molecule has 1 rings (SSSR count). The van der Waals surface area contributed by atoms with Crippen LogP contribution >= 0.6 is 11.8 Å². The molecule has 1 N–H and O–H groups in total. The number of hydrogen-bond acceptors (Lipinski definition) is 2. The first-order chi connectivity index (χ1) is 7.49. The van der Waals surface area contributed by atoms with Gasteiger partial charge in [-0.25, -0.2) is 0 Å². The van der Waals surface area contributed by atoms with Crippen LogP contribution in [0.15, 0.2) is 23.1 Å². The van der Waals surface area contributed by atoms with Gasteiger partial charge in [-0.05, 0) is 29.9 Å². The normalized spacial score (nSPS) is 11.8. The van der Waals surface area contributed by atoms with Gasteiger partial charge in [-0.15, -0.1) is 11.8 Å². The van der Waals surface area contributed by atoms with Crippen molar-refractivity contribution in [3.05, 3.63) is 29.3 Å². The van der Waals surface area contributed by atoms with Crippen LogP contribution in [0.1, 0.15) is 24.5 Å². The van der Waals surface area contributed by atoms with E-state index in [-0.39, 0.29) is 17.1 Å². The van der Waals surface area contributed by atoms with E-state index < -0.39 is 11.7 Å². The minimum Gasteiger partial charge on any atom is -0.392 e. The number of aliphatic hydroxyl groups excluding tert-OH is 1. The smallest absolute Gasteiger partial charge is 0.392 e. The lowest BCUT2D eigenvalue weighted by Crippen LogP contribution is -2.08. The molecule has 90 valence electrons. The fraction of sp³-hybridized carbons (Fsp3) is 0.455. The Morgan fingerprint density at radius 2 is 2.00 bits per heavy atom. The van der Waals surface area contributed by atoms with Crippen molar-refractivity contribution in [3.8, 4) is 0 Å². The molecule has 0 amide bonds. The van der Waals surface area contributed by atoms with Crippen LogP contribution in [0.3, 0.4) is 0 Å². The molecular weight excluding hydrogens is 237 g/mol. The molecule has 16 heavy (non-hydrogen) atoms. The summed E-state index contributed by atoms with van der Waals surface area (Å²) in [6.07, 6.45) is -3.54. The summed E-state index contributed by atoms with van der Waals surface area (Å²) in [4.78, 5) is 0.228. The highest BCUT2D eigenvalue weighted by molar-refractivity contribution is 7.99. The Kier molecular flexibility index (Phi) is 4.68. The van der Waals surface area contributed by atoms with Crippen molar-refractivity contribution in [3.63, 3.8) is 0 Å². The van der Waals surface area contributed by atoms with Crippen LogP contribution in [0, 0.1) is 0 Å². The maximum Gasteiger partial charge on any atom is 0.417 e. The lowest BCUT2D eigenvalue weighted by Gasteiger charge is -2.13. The van der Waals surface area contributed by atoms with E-state index in [0.29, 0.717) is 5.75 Å². The third-order valence-corrected chi connectivity index (χ3v) is 3.27. The molecule has 0 bridgehead atoms. The van der Waals surface area contributed by atoms with Crippen LogP contribution in [0.25, 0.3) is 0 Å². The molecule has 0 saturated heterocycles. The van der Waals surface area contributed by atoms with Gasteiger partial charge < -0.3 is 5.11 Å². The Labute approximate surface area is 96.7 Å². The minimum atomic E-state index is -4.36. The average Bonchev–Trinajstić information content (AvgIpc) is 2.25. The molecule has 0 aliphatic heterocycles. The largest absolute Gasteiger partial charge is 0.417 e. The van der Waals surface area contributed by atoms with E-state index in [1.165, 1.54) is 23.9 Å². The topological polar surface area (TPSA) is 20.2 Å².